The van der Waals surface area contributed by atoms with Crippen LogP contribution in [0, 0.1) is 0 Å². The Labute approximate surface area is 183 Å². The molecular weight excluding hydrogens is 497 g/mol. The average Bonchev–Trinajstić information content (AvgIpc) is 2.60. The van der Waals surface area contributed by atoms with Crippen molar-refractivity contribution in [3.63, 3.8) is 0 Å². The molecule has 0 saturated carbocycles. The van der Waals surface area contributed by atoms with Gasteiger partial charge in [-0.3, -0.25) is 0 Å². The van der Waals surface area contributed by atoms with E-state index in [4.69, 9.17) is 11.6 Å². The zero-order chi connectivity index (χ0) is 19.2. The first-order chi connectivity index (χ1) is 12.3. The fourth-order valence-electron chi connectivity index (χ4n) is 2.42. The summed E-state index contributed by atoms with van der Waals surface area (Å²) in [5, 5.41) is 3.99. The molecule has 0 heterocycles. The molecule has 0 atom stereocenters. The molecule has 0 fully saturated rings. The van der Waals surface area contributed by atoms with Gasteiger partial charge in [0.25, 0.3) is 0 Å². The molecule has 5 nitrogen and oxygen atoms in total. The molecule has 0 aromatic heterocycles. The maximum absolute atomic E-state index is 11.5. The fraction of sp³-hybridized carbons (Fsp3) is 0.316. The van der Waals surface area contributed by atoms with Crippen molar-refractivity contribution in [2.45, 2.75) is 24.9 Å². The van der Waals surface area contributed by atoms with Crippen molar-refractivity contribution in [3.8, 4) is 0 Å². The van der Waals surface area contributed by atoms with Crippen molar-refractivity contribution >= 4 is 51.4 Å². The van der Waals surface area contributed by atoms with Crippen LogP contribution in [0.3, 0.4) is 0 Å². The summed E-state index contributed by atoms with van der Waals surface area (Å²) in [6.07, 6.45) is 1.20. The number of rotatable bonds is 6. The Bertz CT molecular complexity index is 854. The Morgan fingerprint density at radius 1 is 1.07 bits per heavy atom. The molecule has 2 aromatic rings. The van der Waals surface area contributed by atoms with E-state index in [2.05, 4.69) is 10.3 Å². The predicted molar refractivity (Wildman–Crippen MR) is 123 cm³/mol. The number of nitrogens with one attached hydrogen (secondary N) is 1. The monoisotopic (exact) mass is 521 g/mol. The minimum atomic E-state index is -3.18. The molecule has 8 heteroatoms. The molecule has 0 aliphatic rings. The van der Waals surface area contributed by atoms with Gasteiger partial charge < -0.3 is 10.2 Å². The Morgan fingerprint density at radius 2 is 1.63 bits per heavy atom. The molecule has 0 radical (unpaired) electrons. The first kappa shape index (κ1) is 23.7. The molecule has 0 unspecified atom stereocenters. The van der Waals surface area contributed by atoms with Crippen LogP contribution in [0.5, 0.6) is 0 Å². The van der Waals surface area contributed by atoms with E-state index in [-0.39, 0.29) is 24.0 Å². The fourth-order valence-corrected chi connectivity index (χ4v) is 3.17. The van der Waals surface area contributed by atoms with Gasteiger partial charge in [0.2, 0.25) is 0 Å². The molecule has 0 aliphatic carbocycles. The van der Waals surface area contributed by atoms with Gasteiger partial charge in [-0.1, -0.05) is 35.9 Å². The van der Waals surface area contributed by atoms with Crippen molar-refractivity contribution in [1.82, 2.24) is 10.2 Å². The summed E-state index contributed by atoms with van der Waals surface area (Å²) >= 11 is 5.93. The summed E-state index contributed by atoms with van der Waals surface area (Å²) in [6, 6.07) is 14.6. The van der Waals surface area contributed by atoms with Gasteiger partial charge in [-0.2, -0.15) is 0 Å². The van der Waals surface area contributed by atoms with E-state index < -0.39 is 9.84 Å². The van der Waals surface area contributed by atoms with Crippen LogP contribution in [0.15, 0.2) is 58.4 Å². The second-order valence-electron chi connectivity index (χ2n) is 6.07. The standard InChI is InChI=1S/C19H24ClN3O2S.HI/c1-4-21-19(23(2)14-16-5-9-17(20)10-6-16)22-13-15-7-11-18(12-8-15)26(3,24)25;/h5-12H,4,13-14H2,1-3H3,(H,21,22);1H. The third-order valence-corrected chi connectivity index (χ3v) is 5.17. The lowest BCUT2D eigenvalue weighted by Crippen LogP contribution is -2.38. The van der Waals surface area contributed by atoms with Crippen LogP contribution in [0.25, 0.3) is 0 Å². The summed E-state index contributed by atoms with van der Waals surface area (Å²) in [5.74, 6) is 0.787. The third-order valence-electron chi connectivity index (χ3n) is 3.79. The van der Waals surface area contributed by atoms with E-state index in [9.17, 15) is 8.42 Å². The smallest absolute Gasteiger partial charge is 0.194 e. The number of aliphatic imine (C=N–C) groups is 1. The second-order valence-corrected chi connectivity index (χ2v) is 8.52. The van der Waals surface area contributed by atoms with Crippen LogP contribution >= 0.6 is 35.6 Å². The van der Waals surface area contributed by atoms with E-state index in [1.165, 1.54) is 6.26 Å². The predicted octanol–water partition coefficient (Wildman–Crippen LogP) is 3.96. The highest BCUT2D eigenvalue weighted by atomic mass is 127. The topological polar surface area (TPSA) is 61.8 Å². The summed E-state index contributed by atoms with van der Waals surface area (Å²) in [7, 11) is -1.20. The molecule has 2 rings (SSSR count). The van der Waals surface area contributed by atoms with Crippen LogP contribution < -0.4 is 5.32 Å². The van der Waals surface area contributed by atoms with E-state index in [0.717, 1.165) is 28.7 Å². The van der Waals surface area contributed by atoms with Crippen LogP contribution in [-0.2, 0) is 22.9 Å². The number of hydrogen-bond acceptors (Lipinski definition) is 3. The molecule has 0 bridgehead atoms. The number of hydrogen-bond donors (Lipinski definition) is 1. The molecular formula is C19H25ClIN3O2S. The van der Waals surface area contributed by atoms with E-state index in [1.807, 2.05) is 43.1 Å². The minimum Gasteiger partial charge on any atom is -0.357 e. The SMILES string of the molecule is CCNC(=NCc1ccc(S(C)(=O)=O)cc1)N(C)Cc1ccc(Cl)cc1.I. The van der Waals surface area contributed by atoms with Gasteiger partial charge >= 0.3 is 0 Å². The number of sulfone groups is 1. The Morgan fingerprint density at radius 3 is 2.15 bits per heavy atom. The number of benzene rings is 2. The third kappa shape index (κ3) is 7.67. The second kappa shape index (κ2) is 10.9. The summed E-state index contributed by atoms with van der Waals surface area (Å²) in [6.45, 7) is 3.96. The highest BCUT2D eigenvalue weighted by Crippen LogP contribution is 2.13. The Balaban J connectivity index is 0.00000364. The first-order valence-electron chi connectivity index (χ1n) is 8.32. The normalized spacial score (nSPS) is 11.6. The van der Waals surface area contributed by atoms with Gasteiger partial charge in [0.1, 0.15) is 0 Å². The molecule has 27 heavy (non-hydrogen) atoms. The van der Waals surface area contributed by atoms with Gasteiger partial charge in [-0.25, -0.2) is 13.4 Å². The van der Waals surface area contributed by atoms with Crippen LogP contribution in [-0.4, -0.2) is 39.1 Å². The van der Waals surface area contributed by atoms with Crippen molar-refractivity contribution in [1.29, 1.82) is 0 Å². The Kier molecular flexibility index (Phi) is 9.55. The van der Waals surface area contributed by atoms with Crippen molar-refractivity contribution in [3.05, 3.63) is 64.7 Å². The van der Waals surface area contributed by atoms with Gasteiger partial charge in [-0.05, 0) is 42.3 Å². The zero-order valence-corrected chi connectivity index (χ0v) is 19.5. The van der Waals surface area contributed by atoms with Crippen LogP contribution in [0.2, 0.25) is 5.02 Å². The Hall–Kier alpha value is -1.32. The van der Waals surface area contributed by atoms with Gasteiger partial charge in [0.15, 0.2) is 15.8 Å². The van der Waals surface area contributed by atoms with E-state index in [1.54, 1.807) is 24.3 Å². The maximum atomic E-state index is 11.5. The highest BCUT2D eigenvalue weighted by Gasteiger charge is 2.08. The molecule has 0 saturated heterocycles. The zero-order valence-electron chi connectivity index (χ0n) is 15.6. The minimum absolute atomic E-state index is 0. The van der Waals surface area contributed by atoms with Crippen molar-refractivity contribution < 1.29 is 8.42 Å². The molecule has 148 valence electrons. The van der Waals surface area contributed by atoms with Gasteiger partial charge in [-0.15, -0.1) is 24.0 Å². The largest absolute Gasteiger partial charge is 0.357 e. The first-order valence-corrected chi connectivity index (χ1v) is 10.6. The maximum Gasteiger partial charge on any atom is 0.194 e. The van der Waals surface area contributed by atoms with Crippen molar-refractivity contribution in [2.24, 2.45) is 4.99 Å². The average molecular weight is 522 g/mol. The van der Waals surface area contributed by atoms with Crippen molar-refractivity contribution in [2.75, 3.05) is 19.8 Å². The molecule has 0 spiro atoms. The molecule has 0 aliphatic heterocycles. The van der Waals surface area contributed by atoms with E-state index >= 15 is 0 Å². The van der Waals surface area contributed by atoms with Crippen LogP contribution in [0.4, 0.5) is 0 Å². The number of halogens is 2. The molecule has 0 amide bonds. The number of guanidine groups is 1. The van der Waals surface area contributed by atoms with Crippen LogP contribution in [0.1, 0.15) is 18.1 Å². The lowest BCUT2D eigenvalue weighted by Gasteiger charge is -2.22. The van der Waals surface area contributed by atoms with E-state index in [0.29, 0.717) is 18.0 Å². The van der Waals surface area contributed by atoms with Gasteiger partial charge in [0.05, 0.1) is 11.4 Å². The summed E-state index contributed by atoms with van der Waals surface area (Å²) < 4.78 is 23.1. The number of nitrogens with zero attached hydrogens (tertiary/aromatic N) is 2. The quantitative estimate of drug-likeness (QED) is 0.355. The highest BCUT2D eigenvalue weighted by molar-refractivity contribution is 14.0. The van der Waals surface area contributed by atoms with Gasteiger partial charge in [0, 0.05) is 31.4 Å². The lowest BCUT2D eigenvalue weighted by molar-refractivity contribution is 0.477. The molecule has 1 N–H and O–H groups in total. The summed E-state index contributed by atoms with van der Waals surface area (Å²) in [5.41, 5.74) is 2.09. The lowest BCUT2D eigenvalue weighted by atomic mass is 10.2. The molecule has 2 aromatic carbocycles. The summed E-state index contributed by atoms with van der Waals surface area (Å²) in [4.78, 5) is 7.00.